The summed E-state index contributed by atoms with van der Waals surface area (Å²) in [6, 6.07) is 15.5. The van der Waals surface area contributed by atoms with Crippen LogP contribution >= 0.6 is 11.3 Å². The molecular formula is C17H16N2O2S. The average molecular weight is 312 g/mol. The van der Waals surface area contributed by atoms with E-state index in [9.17, 15) is 4.79 Å². The van der Waals surface area contributed by atoms with Crippen LogP contribution in [-0.4, -0.2) is 13.0 Å². The van der Waals surface area contributed by atoms with E-state index in [1.165, 1.54) is 11.3 Å². The van der Waals surface area contributed by atoms with Crippen molar-refractivity contribution in [3.05, 3.63) is 59.0 Å². The monoisotopic (exact) mass is 312 g/mol. The number of carbonyl (C=O) groups excluding carboxylic acids is 1. The Hall–Kier alpha value is -2.53. The summed E-state index contributed by atoms with van der Waals surface area (Å²) in [6.07, 6.45) is 0. The highest BCUT2D eigenvalue weighted by Gasteiger charge is 2.10. The van der Waals surface area contributed by atoms with E-state index in [0.717, 1.165) is 27.1 Å². The van der Waals surface area contributed by atoms with E-state index in [0.29, 0.717) is 4.88 Å². The van der Waals surface area contributed by atoms with Crippen LogP contribution in [0, 0.1) is 6.92 Å². The zero-order valence-corrected chi connectivity index (χ0v) is 13.2. The van der Waals surface area contributed by atoms with Gasteiger partial charge in [-0.3, -0.25) is 15.6 Å². The van der Waals surface area contributed by atoms with Gasteiger partial charge in [0, 0.05) is 4.70 Å². The highest BCUT2D eigenvalue weighted by atomic mass is 32.1. The summed E-state index contributed by atoms with van der Waals surface area (Å²) < 4.78 is 6.26. The minimum atomic E-state index is -0.151. The molecule has 0 fully saturated rings. The molecule has 3 aromatic rings. The number of methoxy groups -OCH3 is 1. The Bertz CT molecular complexity index is 826. The Balaban J connectivity index is 1.74. The molecule has 0 radical (unpaired) electrons. The standard InChI is InChI=1S/C17H16N2O2S/c1-11-4-3-5-13(8-11)18-19-17(20)16-10-12-9-14(21-2)6-7-15(12)22-16/h3-10,18H,1-2H3,(H,19,20). The van der Waals surface area contributed by atoms with Crippen LogP contribution in [0.4, 0.5) is 5.69 Å². The van der Waals surface area contributed by atoms with E-state index in [1.807, 2.05) is 55.5 Å². The molecule has 0 aliphatic carbocycles. The average Bonchev–Trinajstić information content (AvgIpc) is 2.95. The molecule has 5 heteroatoms. The van der Waals surface area contributed by atoms with E-state index < -0.39 is 0 Å². The van der Waals surface area contributed by atoms with Crippen molar-refractivity contribution in [1.29, 1.82) is 0 Å². The third-order valence-corrected chi connectivity index (χ3v) is 4.40. The molecule has 2 N–H and O–H groups in total. The summed E-state index contributed by atoms with van der Waals surface area (Å²) in [7, 11) is 1.63. The van der Waals surface area contributed by atoms with E-state index in [2.05, 4.69) is 10.9 Å². The Morgan fingerprint density at radius 3 is 2.77 bits per heavy atom. The Morgan fingerprint density at radius 2 is 2.00 bits per heavy atom. The molecule has 0 aliphatic rings. The second-order valence-corrected chi connectivity index (χ2v) is 6.05. The maximum atomic E-state index is 12.2. The van der Waals surface area contributed by atoms with Crippen molar-refractivity contribution in [2.24, 2.45) is 0 Å². The number of nitrogens with one attached hydrogen (secondary N) is 2. The number of hydrogen-bond acceptors (Lipinski definition) is 4. The molecule has 2 aromatic carbocycles. The quantitative estimate of drug-likeness (QED) is 0.717. The van der Waals surface area contributed by atoms with Gasteiger partial charge in [0.15, 0.2) is 0 Å². The lowest BCUT2D eigenvalue weighted by atomic mass is 10.2. The zero-order valence-electron chi connectivity index (χ0n) is 12.3. The third kappa shape index (κ3) is 3.04. The first-order valence-electron chi connectivity index (χ1n) is 6.86. The maximum absolute atomic E-state index is 12.2. The first kappa shape index (κ1) is 14.4. The van der Waals surface area contributed by atoms with Crippen molar-refractivity contribution in [2.45, 2.75) is 6.92 Å². The van der Waals surface area contributed by atoms with Crippen LogP contribution in [0.2, 0.25) is 0 Å². The van der Waals surface area contributed by atoms with Crippen LogP contribution < -0.4 is 15.6 Å². The molecule has 112 valence electrons. The summed E-state index contributed by atoms with van der Waals surface area (Å²) in [5, 5.41) is 1.00. The van der Waals surface area contributed by atoms with Gasteiger partial charge in [0.2, 0.25) is 0 Å². The lowest BCUT2D eigenvalue weighted by molar-refractivity contribution is 0.0966. The number of thiophene rings is 1. The van der Waals surface area contributed by atoms with Gasteiger partial charge in [-0.15, -0.1) is 11.3 Å². The predicted molar refractivity (Wildman–Crippen MR) is 90.6 cm³/mol. The molecule has 0 spiro atoms. The molecule has 0 bridgehead atoms. The number of amides is 1. The smallest absolute Gasteiger partial charge is 0.279 e. The van der Waals surface area contributed by atoms with Crippen molar-refractivity contribution >= 4 is 33.0 Å². The van der Waals surface area contributed by atoms with E-state index in [-0.39, 0.29) is 5.91 Å². The molecule has 1 heterocycles. The van der Waals surface area contributed by atoms with Crippen LogP contribution in [0.3, 0.4) is 0 Å². The van der Waals surface area contributed by atoms with Crippen molar-refractivity contribution in [3.8, 4) is 5.75 Å². The summed E-state index contributed by atoms with van der Waals surface area (Å²) in [4.78, 5) is 12.9. The van der Waals surface area contributed by atoms with Gasteiger partial charge in [0.25, 0.3) is 5.91 Å². The number of hydrazine groups is 1. The van der Waals surface area contributed by atoms with E-state index >= 15 is 0 Å². The summed E-state index contributed by atoms with van der Waals surface area (Å²) in [6.45, 7) is 2.01. The third-order valence-electron chi connectivity index (χ3n) is 3.29. The number of ether oxygens (including phenoxy) is 1. The molecule has 1 aromatic heterocycles. The maximum Gasteiger partial charge on any atom is 0.279 e. The van der Waals surface area contributed by atoms with Crippen LogP contribution in [0.1, 0.15) is 15.2 Å². The van der Waals surface area contributed by atoms with Gasteiger partial charge in [-0.25, -0.2) is 0 Å². The second-order valence-electron chi connectivity index (χ2n) is 4.96. The lowest BCUT2D eigenvalue weighted by Gasteiger charge is -2.07. The molecule has 1 amide bonds. The van der Waals surface area contributed by atoms with Gasteiger partial charge in [-0.05, 0) is 54.3 Å². The van der Waals surface area contributed by atoms with Crippen molar-refractivity contribution in [2.75, 3.05) is 12.5 Å². The minimum absolute atomic E-state index is 0.151. The van der Waals surface area contributed by atoms with Gasteiger partial charge in [-0.1, -0.05) is 12.1 Å². The Kier molecular flexibility index (Phi) is 3.98. The van der Waals surface area contributed by atoms with Crippen molar-refractivity contribution < 1.29 is 9.53 Å². The van der Waals surface area contributed by atoms with Crippen LogP contribution in [-0.2, 0) is 0 Å². The molecular weight excluding hydrogens is 296 g/mol. The number of rotatable bonds is 4. The molecule has 0 saturated heterocycles. The fourth-order valence-corrected chi connectivity index (χ4v) is 3.11. The van der Waals surface area contributed by atoms with Crippen molar-refractivity contribution in [3.63, 3.8) is 0 Å². The Morgan fingerprint density at radius 1 is 1.14 bits per heavy atom. The highest BCUT2D eigenvalue weighted by Crippen LogP contribution is 2.28. The van der Waals surface area contributed by atoms with E-state index in [1.54, 1.807) is 7.11 Å². The first-order chi connectivity index (χ1) is 10.7. The summed E-state index contributed by atoms with van der Waals surface area (Å²) >= 11 is 1.46. The van der Waals surface area contributed by atoms with Gasteiger partial charge in [0.05, 0.1) is 17.7 Å². The topological polar surface area (TPSA) is 50.4 Å². The molecule has 0 saturated carbocycles. The van der Waals surface area contributed by atoms with Crippen LogP contribution in [0.5, 0.6) is 5.75 Å². The number of hydrogen-bond donors (Lipinski definition) is 2. The van der Waals surface area contributed by atoms with Crippen LogP contribution in [0.25, 0.3) is 10.1 Å². The van der Waals surface area contributed by atoms with Crippen molar-refractivity contribution in [1.82, 2.24) is 5.43 Å². The first-order valence-corrected chi connectivity index (χ1v) is 7.68. The molecule has 0 aliphatic heterocycles. The second kappa shape index (κ2) is 6.07. The number of benzene rings is 2. The number of anilines is 1. The fraction of sp³-hybridized carbons (Fsp3) is 0.118. The van der Waals surface area contributed by atoms with Crippen LogP contribution in [0.15, 0.2) is 48.5 Å². The Labute approximate surface area is 132 Å². The predicted octanol–water partition coefficient (Wildman–Crippen LogP) is 3.98. The van der Waals surface area contributed by atoms with Gasteiger partial charge < -0.3 is 4.74 Å². The zero-order chi connectivity index (χ0) is 15.5. The fourth-order valence-electron chi connectivity index (χ4n) is 2.17. The largest absolute Gasteiger partial charge is 0.497 e. The SMILES string of the molecule is COc1ccc2sc(C(=O)NNc3cccc(C)c3)cc2c1. The highest BCUT2D eigenvalue weighted by molar-refractivity contribution is 7.20. The normalized spacial score (nSPS) is 10.5. The molecule has 22 heavy (non-hydrogen) atoms. The number of carbonyl (C=O) groups is 1. The van der Waals surface area contributed by atoms with Gasteiger partial charge in [-0.2, -0.15) is 0 Å². The number of fused-ring (bicyclic) bond motifs is 1. The number of aryl methyl sites for hydroxylation is 1. The summed E-state index contributed by atoms with van der Waals surface area (Å²) in [5.41, 5.74) is 7.65. The van der Waals surface area contributed by atoms with Gasteiger partial charge in [0.1, 0.15) is 5.75 Å². The van der Waals surface area contributed by atoms with Gasteiger partial charge >= 0.3 is 0 Å². The minimum Gasteiger partial charge on any atom is -0.497 e. The molecule has 4 nitrogen and oxygen atoms in total. The molecule has 0 unspecified atom stereocenters. The molecule has 3 rings (SSSR count). The van der Waals surface area contributed by atoms with E-state index in [4.69, 9.17) is 4.74 Å². The molecule has 0 atom stereocenters. The summed E-state index contributed by atoms with van der Waals surface area (Å²) in [5.74, 6) is 0.636. The lowest BCUT2D eigenvalue weighted by Crippen LogP contribution is -2.28.